The van der Waals surface area contributed by atoms with Crippen molar-refractivity contribution in [2.24, 2.45) is 0 Å². The van der Waals surface area contributed by atoms with Gasteiger partial charge in [-0.2, -0.15) is 0 Å². The van der Waals surface area contributed by atoms with Gasteiger partial charge in [0.1, 0.15) is 0 Å². The van der Waals surface area contributed by atoms with Crippen LogP contribution in [0.2, 0.25) is 0 Å². The molecule has 1 aromatic rings. The number of ether oxygens (including phenoxy) is 1. The third-order valence-corrected chi connectivity index (χ3v) is 4.55. The fourth-order valence-corrected chi connectivity index (χ4v) is 3.36. The number of nitrogens with one attached hydrogen (secondary N) is 2. The summed E-state index contributed by atoms with van der Waals surface area (Å²) in [6.07, 6.45) is 1.56. The van der Waals surface area contributed by atoms with Crippen LogP contribution in [-0.4, -0.2) is 49.0 Å². The van der Waals surface area contributed by atoms with Gasteiger partial charge in [-0.15, -0.1) is 0 Å². The van der Waals surface area contributed by atoms with Crippen molar-refractivity contribution in [1.29, 1.82) is 0 Å². The smallest absolute Gasteiger partial charge is 0.328 e. The fourth-order valence-electron chi connectivity index (χ4n) is 3.36. The van der Waals surface area contributed by atoms with Gasteiger partial charge >= 0.3 is 6.03 Å². The number of carbonyl (C=O) groups excluding carboxylic acids is 3. The van der Waals surface area contributed by atoms with Crippen LogP contribution in [-0.2, 0) is 19.9 Å². The van der Waals surface area contributed by atoms with Crippen LogP contribution in [0.5, 0.6) is 0 Å². The number of rotatable bonds is 3. The minimum Gasteiger partial charge on any atom is -0.381 e. The highest BCUT2D eigenvalue weighted by molar-refractivity contribution is 6.22. The van der Waals surface area contributed by atoms with E-state index in [1.165, 1.54) is 0 Å². The Morgan fingerprint density at radius 3 is 2.13 bits per heavy atom. The molecule has 0 saturated carbocycles. The van der Waals surface area contributed by atoms with Crippen LogP contribution < -0.4 is 10.6 Å². The first-order valence-electron chi connectivity index (χ1n) is 7.59. The summed E-state index contributed by atoms with van der Waals surface area (Å²) < 4.78 is 5.35. The molecule has 0 aromatic heterocycles. The summed E-state index contributed by atoms with van der Waals surface area (Å²) in [6, 6.07) is 8.05. The molecule has 7 heteroatoms. The predicted molar refractivity (Wildman–Crippen MR) is 81.4 cm³/mol. The van der Waals surface area contributed by atoms with E-state index in [0.717, 1.165) is 12.8 Å². The van der Waals surface area contributed by atoms with Gasteiger partial charge in [0.25, 0.3) is 11.8 Å². The van der Waals surface area contributed by atoms with Crippen LogP contribution in [0.1, 0.15) is 18.4 Å². The van der Waals surface area contributed by atoms with Crippen molar-refractivity contribution in [1.82, 2.24) is 15.5 Å². The van der Waals surface area contributed by atoms with Crippen LogP contribution >= 0.6 is 0 Å². The minimum absolute atomic E-state index is 0.121. The maximum atomic E-state index is 12.7. The number of nitrogens with zero attached hydrogens (tertiary/aromatic N) is 1. The molecule has 0 aliphatic carbocycles. The van der Waals surface area contributed by atoms with E-state index >= 15 is 0 Å². The first-order chi connectivity index (χ1) is 11.1. The molecule has 4 amide bonds. The lowest BCUT2D eigenvalue weighted by Crippen LogP contribution is -2.71. The second kappa shape index (κ2) is 6.10. The molecule has 0 spiro atoms. The van der Waals surface area contributed by atoms with Gasteiger partial charge in [0.2, 0.25) is 5.54 Å². The number of hydrogen-bond acceptors (Lipinski definition) is 5. The second-order valence-electron chi connectivity index (χ2n) is 5.74. The normalized spacial score (nSPS) is 22.6. The van der Waals surface area contributed by atoms with Gasteiger partial charge in [-0.3, -0.25) is 25.1 Å². The summed E-state index contributed by atoms with van der Waals surface area (Å²) in [4.78, 5) is 38.8. The first kappa shape index (κ1) is 15.6. The van der Waals surface area contributed by atoms with Crippen LogP contribution in [0.3, 0.4) is 0 Å². The average molecular weight is 317 g/mol. The average Bonchev–Trinajstić information content (AvgIpc) is 2.56. The lowest BCUT2D eigenvalue weighted by atomic mass is 9.83. The number of methoxy groups -OCH3 is 1. The lowest BCUT2D eigenvalue weighted by molar-refractivity contribution is -0.150. The second-order valence-corrected chi connectivity index (χ2v) is 5.74. The Hall–Kier alpha value is -2.25. The van der Waals surface area contributed by atoms with Crippen LogP contribution in [0, 0.1) is 0 Å². The zero-order valence-electron chi connectivity index (χ0n) is 12.9. The Morgan fingerprint density at radius 1 is 1.04 bits per heavy atom. The van der Waals surface area contributed by atoms with Crippen molar-refractivity contribution in [3.63, 3.8) is 0 Å². The molecular formula is C16H19N3O4. The monoisotopic (exact) mass is 317 g/mol. The highest BCUT2D eigenvalue weighted by atomic mass is 16.5. The quantitative estimate of drug-likeness (QED) is 0.786. The summed E-state index contributed by atoms with van der Waals surface area (Å²) in [5, 5.41) is 4.48. The van der Waals surface area contributed by atoms with Crippen molar-refractivity contribution < 1.29 is 19.1 Å². The molecule has 2 fully saturated rings. The summed E-state index contributed by atoms with van der Waals surface area (Å²) in [5.74, 6) is -1.21. The predicted octanol–water partition coefficient (Wildman–Crippen LogP) is 0.359. The molecular weight excluding hydrogens is 298 g/mol. The van der Waals surface area contributed by atoms with Crippen molar-refractivity contribution >= 4 is 17.8 Å². The number of hydrogen-bond donors (Lipinski definition) is 2. The molecule has 2 N–H and O–H groups in total. The number of amides is 4. The number of benzene rings is 1. The van der Waals surface area contributed by atoms with E-state index in [9.17, 15) is 14.4 Å². The Kier molecular flexibility index (Phi) is 4.14. The van der Waals surface area contributed by atoms with Crippen LogP contribution in [0.25, 0.3) is 0 Å². The van der Waals surface area contributed by atoms with E-state index < -0.39 is 23.4 Å². The molecule has 2 heterocycles. The third-order valence-electron chi connectivity index (χ3n) is 4.55. The molecule has 2 saturated heterocycles. The Morgan fingerprint density at radius 2 is 1.61 bits per heavy atom. The molecule has 1 aromatic carbocycles. The first-order valence-corrected chi connectivity index (χ1v) is 7.59. The van der Waals surface area contributed by atoms with Gasteiger partial charge in [0, 0.05) is 20.2 Å². The van der Waals surface area contributed by atoms with E-state index in [-0.39, 0.29) is 6.10 Å². The molecule has 2 aliphatic rings. The Labute approximate surface area is 134 Å². The highest BCUT2D eigenvalue weighted by Gasteiger charge is 2.56. The maximum absolute atomic E-state index is 12.7. The zero-order valence-corrected chi connectivity index (χ0v) is 12.9. The van der Waals surface area contributed by atoms with Gasteiger partial charge in [0.15, 0.2) is 0 Å². The summed E-state index contributed by atoms with van der Waals surface area (Å²) in [7, 11) is 1.66. The lowest BCUT2D eigenvalue weighted by Gasteiger charge is -2.45. The molecule has 7 nitrogen and oxygen atoms in total. The molecule has 0 unspecified atom stereocenters. The number of barbiturate groups is 1. The topological polar surface area (TPSA) is 87.7 Å². The number of imide groups is 2. The number of carbonyl (C=O) groups is 3. The number of piperidine rings is 1. The maximum Gasteiger partial charge on any atom is 0.328 e. The van der Waals surface area contributed by atoms with E-state index in [0.29, 0.717) is 18.7 Å². The summed E-state index contributed by atoms with van der Waals surface area (Å²) in [6.45, 7) is 1.06. The molecule has 0 atom stereocenters. The molecule has 0 bridgehead atoms. The molecule has 122 valence electrons. The van der Waals surface area contributed by atoms with Gasteiger partial charge in [-0.1, -0.05) is 30.3 Å². The van der Waals surface area contributed by atoms with Crippen molar-refractivity contribution in [3.8, 4) is 0 Å². The van der Waals surface area contributed by atoms with E-state index in [1.54, 1.807) is 31.4 Å². The Balaban J connectivity index is 2.03. The minimum atomic E-state index is -1.52. The molecule has 3 rings (SSSR count). The Bertz CT molecular complexity index is 603. The zero-order chi connectivity index (χ0) is 16.4. The number of urea groups is 1. The van der Waals surface area contributed by atoms with E-state index in [2.05, 4.69) is 10.6 Å². The SMILES string of the molecule is COC1CCN(C2(c3ccccc3)C(=O)NC(=O)NC2=O)CC1. The summed E-state index contributed by atoms with van der Waals surface area (Å²) >= 11 is 0. The van der Waals surface area contributed by atoms with Gasteiger partial charge in [0.05, 0.1) is 6.10 Å². The third kappa shape index (κ3) is 2.51. The molecule has 0 radical (unpaired) electrons. The van der Waals surface area contributed by atoms with Crippen LogP contribution in [0.15, 0.2) is 30.3 Å². The van der Waals surface area contributed by atoms with Crippen LogP contribution in [0.4, 0.5) is 4.79 Å². The van der Waals surface area contributed by atoms with Crippen molar-refractivity contribution in [3.05, 3.63) is 35.9 Å². The van der Waals surface area contributed by atoms with Crippen molar-refractivity contribution in [2.45, 2.75) is 24.5 Å². The molecule has 2 aliphatic heterocycles. The number of likely N-dealkylation sites (tertiary alicyclic amines) is 1. The van der Waals surface area contributed by atoms with E-state index in [1.807, 2.05) is 11.0 Å². The fraction of sp³-hybridized carbons (Fsp3) is 0.438. The highest BCUT2D eigenvalue weighted by Crippen LogP contribution is 2.34. The molecule has 23 heavy (non-hydrogen) atoms. The van der Waals surface area contributed by atoms with Gasteiger partial charge in [-0.25, -0.2) is 4.79 Å². The standard InChI is InChI=1S/C16H19N3O4/c1-23-12-7-9-19(10-8-12)16(11-5-3-2-4-6-11)13(20)17-15(22)18-14(16)21/h2-6,12H,7-10H2,1H3,(H2,17,18,20,21,22). The van der Waals surface area contributed by atoms with Gasteiger partial charge in [-0.05, 0) is 18.4 Å². The van der Waals surface area contributed by atoms with Gasteiger partial charge < -0.3 is 4.74 Å². The summed E-state index contributed by atoms with van der Waals surface area (Å²) in [5.41, 5.74) is -0.966. The van der Waals surface area contributed by atoms with Crippen molar-refractivity contribution in [2.75, 3.05) is 20.2 Å². The largest absolute Gasteiger partial charge is 0.381 e. The van der Waals surface area contributed by atoms with E-state index in [4.69, 9.17) is 4.74 Å².